The number of rotatable bonds is 5. The van der Waals surface area contributed by atoms with Crippen LogP contribution in [-0.2, 0) is 0 Å². The van der Waals surface area contributed by atoms with Crippen LogP contribution >= 0.6 is 0 Å². The molecule has 66 valence electrons. The highest BCUT2D eigenvalue weighted by Gasteiger charge is 2.24. The van der Waals surface area contributed by atoms with E-state index < -0.39 is 0 Å². The molecular formula is C10H21N. The molecule has 0 bridgehead atoms. The first-order chi connectivity index (χ1) is 5.27. The topological polar surface area (TPSA) is 3.24 Å². The van der Waals surface area contributed by atoms with Gasteiger partial charge < -0.3 is 4.90 Å². The average Bonchev–Trinajstić information content (AvgIpc) is 2.82. The van der Waals surface area contributed by atoms with Crippen LogP contribution in [0.3, 0.4) is 0 Å². The predicted octanol–water partition coefficient (Wildman–Crippen LogP) is 2.52. The summed E-state index contributed by atoms with van der Waals surface area (Å²) < 4.78 is 0. The highest BCUT2D eigenvalue weighted by molar-refractivity contribution is 4.78. The molecule has 0 aromatic carbocycles. The summed E-state index contributed by atoms with van der Waals surface area (Å²) in [7, 11) is 0. The SMILES string of the molecule is CCC(C)N(CC)CC1CC1. The normalized spacial score (nSPS) is 20.7. The van der Waals surface area contributed by atoms with Gasteiger partial charge in [-0.15, -0.1) is 0 Å². The molecule has 0 N–H and O–H groups in total. The summed E-state index contributed by atoms with van der Waals surface area (Å²) in [6.07, 6.45) is 4.25. The highest BCUT2D eigenvalue weighted by Crippen LogP contribution is 2.30. The van der Waals surface area contributed by atoms with E-state index in [1.54, 1.807) is 0 Å². The maximum absolute atomic E-state index is 2.61. The molecule has 1 fully saturated rings. The molecule has 1 aliphatic rings. The monoisotopic (exact) mass is 155 g/mol. The Bertz CT molecular complexity index is 107. The molecule has 0 aromatic rings. The van der Waals surface area contributed by atoms with E-state index in [0.29, 0.717) is 0 Å². The van der Waals surface area contributed by atoms with Crippen molar-refractivity contribution in [1.29, 1.82) is 0 Å². The van der Waals surface area contributed by atoms with E-state index in [9.17, 15) is 0 Å². The zero-order valence-corrected chi connectivity index (χ0v) is 8.14. The van der Waals surface area contributed by atoms with Crippen LogP contribution in [0.1, 0.15) is 40.0 Å². The molecular weight excluding hydrogens is 134 g/mol. The van der Waals surface area contributed by atoms with Gasteiger partial charge in [0.15, 0.2) is 0 Å². The van der Waals surface area contributed by atoms with Gasteiger partial charge in [0.2, 0.25) is 0 Å². The molecule has 0 heterocycles. The van der Waals surface area contributed by atoms with Crippen molar-refractivity contribution < 1.29 is 0 Å². The maximum Gasteiger partial charge on any atom is 0.00643 e. The molecule has 1 unspecified atom stereocenters. The van der Waals surface area contributed by atoms with Crippen LogP contribution in [0.25, 0.3) is 0 Å². The Labute approximate surface area is 70.8 Å². The minimum Gasteiger partial charge on any atom is -0.301 e. The summed E-state index contributed by atoms with van der Waals surface area (Å²) in [5.41, 5.74) is 0. The first-order valence-electron chi connectivity index (χ1n) is 5.02. The fraction of sp³-hybridized carbons (Fsp3) is 1.00. The van der Waals surface area contributed by atoms with Gasteiger partial charge in [0.05, 0.1) is 0 Å². The lowest BCUT2D eigenvalue weighted by Crippen LogP contribution is -2.34. The van der Waals surface area contributed by atoms with Crippen molar-refractivity contribution >= 4 is 0 Å². The fourth-order valence-corrected chi connectivity index (χ4v) is 1.51. The molecule has 1 nitrogen and oxygen atoms in total. The molecule has 1 saturated carbocycles. The molecule has 1 atom stereocenters. The summed E-state index contributed by atoms with van der Waals surface area (Å²) in [6.45, 7) is 9.47. The lowest BCUT2D eigenvalue weighted by Gasteiger charge is -2.26. The van der Waals surface area contributed by atoms with Crippen LogP contribution in [0.2, 0.25) is 0 Å². The Morgan fingerprint density at radius 3 is 2.36 bits per heavy atom. The second-order valence-corrected chi connectivity index (χ2v) is 3.79. The number of hydrogen-bond donors (Lipinski definition) is 0. The van der Waals surface area contributed by atoms with E-state index in [0.717, 1.165) is 12.0 Å². The zero-order chi connectivity index (χ0) is 8.27. The van der Waals surface area contributed by atoms with Crippen LogP contribution in [-0.4, -0.2) is 24.0 Å². The first kappa shape index (κ1) is 9.05. The van der Waals surface area contributed by atoms with Crippen LogP contribution < -0.4 is 0 Å². The van der Waals surface area contributed by atoms with Gasteiger partial charge in [-0.1, -0.05) is 13.8 Å². The third kappa shape index (κ3) is 2.82. The molecule has 1 aliphatic carbocycles. The fourth-order valence-electron chi connectivity index (χ4n) is 1.51. The van der Waals surface area contributed by atoms with E-state index in [-0.39, 0.29) is 0 Å². The van der Waals surface area contributed by atoms with Crippen LogP contribution in [0.4, 0.5) is 0 Å². The van der Waals surface area contributed by atoms with Gasteiger partial charge in [-0.05, 0) is 38.6 Å². The number of hydrogen-bond acceptors (Lipinski definition) is 1. The summed E-state index contributed by atoms with van der Waals surface area (Å²) in [5, 5.41) is 0. The van der Waals surface area contributed by atoms with Crippen molar-refractivity contribution in [2.75, 3.05) is 13.1 Å². The van der Waals surface area contributed by atoms with Crippen molar-refractivity contribution in [2.24, 2.45) is 5.92 Å². The second kappa shape index (κ2) is 4.10. The summed E-state index contributed by atoms with van der Waals surface area (Å²) in [5.74, 6) is 1.05. The third-order valence-electron chi connectivity index (χ3n) is 2.81. The van der Waals surface area contributed by atoms with E-state index in [4.69, 9.17) is 0 Å². The van der Waals surface area contributed by atoms with E-state index in [1.165, 1.54) is 32.4 Å². The van der Waals surface area contributed by atoms with E-state index in [1.807, 2.05) is 0 Å². The van der Waals surface area contributed by atoms with Crippen molar-refractivity contribution in [3.8, 4) is 0 Å². The van der Waals surface area contributed by atoms with Crippen LogP contribution in [0.5, 0.6) is 0 Å². The van der Waals surface area contributed by atoms with Gasteiger partial charge >= 0.3 is 0 Å². The average molecular weight is 155 g/mol. The van der Waals surface area contributed by atoms with Gasteiger partial charge in [-0.3, -0.25) is 0 Å². The maximum atomic E-state index is 2.61. The lowest BCUT2D eigenvalue weighted by molar-refractivity contribution is 0.206. The standard InChI is InChI=1S/C10H21N/c1-4-9(3)11(5-2)8-10-6-7-10/h9-10H,4-8H2,1-3H3. The zero-order valence-electron chi connectivity index (χ0n) is 8.14. The molecule has 11 heavy (non-hydrogen) atoms. The van der Waals surface area contributed by atoms with Crippen molar-refractivity contribution in [2.45, 2.75) is 46.1 Å². The molecule has 1 rings (SSSR count). The van der Waals surface area contributed by atoms with Crippen LogP contribution in [0, 0.1) is 5.92 Å². The molecule has 1 heteroatoms. The van der Waals surface area contributed by atoms with Gasteiger partial charge in [-0.2, -0.15) is 0 Å². The molecule has 0 aliphatic heterocycles. The highest BCUT2D eigenvalue weighted by atomic mass is 15.1. The Hall–Kier alpha value is -0.0400. The summed E-state index contributed by atoms with van der Waals surface area (Å²) >= 11 is 0. The van der Waals surface area contributed by atoms with Gasteiger partial charge in [-0.25, -0.2) is 0 Å². The van der Waals surface area contributed by atoms with Crippen molar-refractivity contribution in [1.82, 2.24) is 4.90 Å². The summed E-state index contributed by atoms with van der Waals surface area (Å²) in [4.78, 5) is 2.61. The molecule has 0 amide bonds. The molecule has 0 spiro atoms. The van der Waals surface area contributed by atoms with E-state index >= 15 is 0 Å². The molecule has 0 aromatic heterocycles. The smallest absolute Gasteiger partial charge is 0.00643 e. The van der Waals surface area contributed by atoms with Gasteiger partial charge in [0.25, 0.3) is 0 Å². The Kier molecular flexibility index (Phi) is 3.38. The minimum absolute atomic E-state index is 0.792. The van der Waals surface area contributed by atoms with Gasteiger partial charge in [0, 0.05) is 12.6 Å². The first-order valence-corrected chi connectivity index (χ1v) is 5.02. The Morgan fingerprint density at radius 1 is 1.36 bits per heavy atom. The molecule has 0 saturated heterocycles. The third-order valence-corrected chi connectivity index (χ3v) is 2.81. The Balaban J connectivity index is 2.21. The van der Waals surface area contributed by atoms with Crippen LogP contribution in [0.15, 0.2) is 0 Å². The van der Waals surface area contributed by atoms with Gasteiger partial charge in [0.1, 0.15) is 0 Å². The Morgan fingerprint density at radius 2 is 2.00 bits per heavy atom. The minimum atomic E-state index is 0.792. The second-order valence-electron chi connectivity index (χ2n) is 3.79. The van der Waals surface area contributed by atoms with E-state index in [2.05, 4.69) is 25.7 Å². The molecule has 0 radical (unpaired) electrons. The quantitative estimate of drug-likeness (QED) is 0.589. The summed E-state index contributed by atoms with van der Waals surface area (Å²) in [6, 6.07) is 0.792. The largest absolute Gasteiger partial charge is 0.301 e. The predicted molar refractivity (Wildman–Crippen MR) is 49.7 cm³/mol. The van der Waals surface area contributed by atoms with Crippen molar-refractivity contribution in [3.05, 3.63) is 0 Å². The van der Waals surface area contributed by atoms with Crippen molar-refractivity contribution in [3.63, 3.8) is 0 Å². The number of nitrogens with zero attached hydrogens (tertiary/aromatic N) is 1. The lowest BCUT2D eigenvalue weighted by atomic mass is 10.2.